The number of rotatable bonds is 5. The van der Waals surface area contributed by atoms with E-state index in [0.717, 1.165) is 32.1 Å². The summed E-state index contributed by atoms with van der Waals surface area (Å²) in [7, 11) is 0. The molecule has 0 unspecified atom stereocenters. The van der Waals surface area contributed by atoms with E-state index in [1.165, 1.54) is 12.7 Å². The van der Waals surface area contributed by atoms with Gasteiger partial charge in [-0.3, -0.25) is 9.48 Å². The smallest absolute Gasteiger partial charge is 0.222 e. The summed E-state index contributed by atoms with van der Waals surface area (Å²) in [6, 6.07) is 0.128. The minimum atomic E-state index is -0.468. The van der Waals surface area contributed by atoms with Crippen molar-refractivity contribution in [3.8, 4) is 0 Å². The molecule has 6 heteroatoms. The van der Waals surface area contributed by atoms with E-state index in [0.29, 0.717) is 24.8 Å². The van der Waals surface area contributed by atoms with Crippen LogP contribution in [0, 0.1) is 17.3 Å². The number of hydrogen-bond acceptors (Lipinski definition) is 4. The number of carbonyl (C=O) groups is 1. The van der Waals surface area contributed by atoms with E-state index >= 15 is 0 Å². The first-order valence-corrected chi connectivity index (χ1v) is 8.81. The molecule has 1 aromatic heterocycles. The monoisotopic (exact) mass is 318 g/mol. The standard InChI is InChI=1S/C17H26N4O2/c1-12(20-15(22)2-3-21-11-18-10-19-21)16-5-13-4-14(6-16)8-17(23,7-13)9-16/h10-14,23H,2-9H2,1H3,(H,20,22)/t12-,13+,14+,16?,17?/m1/s1. The highest BCUT2D eigenvalue weighted by Gasteiger charge is 2.58. The Hall–Kier alpha value is -1.43. The molecular weight excluding hydrogens is 292 g/mol. The normalized spacial score (nSPS) is 39.4. The van der Waals surface area contributed by atoms with Crippen molar-refractivity contribution in [2.75, 3.05) is 0 Å². The summed E-state index contributed by atoms with van der Waals surface area (Å²) in [4.78, 5) is 16.2. The molecule has 4 aliphatic carbocycles. The van der Waals surface area contributed by atoms with Gasteiger partial charge in [0.05, 0.1) is 12.1 Å². The lowest BCUT2D eigenvalue weighted by molar-refractivity contribution is -0.173. The molecule has 2 N–H and O–H groups in total. The Balaban J connectivity index is 1.38. The maximum atomic E-state index is 12.3. The van der Waals surface area contributed by atoms with Gasteiger partial charge in [0.15, 0.2) is 0 Å². The Morgan fingerprint density at radius 2 is 2.13 bits per heavy atom. The summed E-state index contributed by atoms with van der Waals surface area (Å²) in [5, 5.41) is 18.1. The van der Waals surface area contributed by atoms with E-state index in [2.05, 4.69) is 22.3 Å². The molecule has 0 spiro atoms. The van der Waals surface area contributed by atoms with Crippen LogP contribution in [0.2, 0.25) is 0 Å². The van der Waals surface area contributed by atoms with E-state index in [1.54, 1.807) is 11.0 Å². The Bertz CT molecular complexity index is 571. The first-order valence-electron chi connectivity index (χ1n) is 8.81. The topological polar surface area (TPSA) is 80.0 Å². The van der Waals surface area contributed by atoms with Crippen LogP contribution >= 0.6 is 0 Å². The van der Waals surface area contributed by atoms with Crippen molar-refractivity contribution in [3.63, 3.8) is 0 Å². The Kier molecular flexibility index (Phi) is 3.48. The highest BCUT2D eigenvalue weighted by Crippen LogP contribution is 2.62. The molecule has 0 aromatic carbocycles. The van der Waals surface area contributed by atoms with Crippen molar-refractivity contribution < 1.29 is 9.90 Å². The zero-order valence-electron chi connectivity index (χ0n) is 13.7. The fourth-order valence-electron chi connectivity index (χ4n) is 5.82. The van der Waals surface area contributed by atoms with Gasteiger partial charge in [0.2, 0.25) is 5.91 Å². The Morgan fingerprint density at radius 3 is 2.74 bits per heavy atom. The maximum absolute atomic E-state index is 12.3. The molecule has 4 bridgehead atoms. The molecule has 23 heavy (non-hydrogen) atoms. The SMILES string of the molecule is C[C@@H](NC(=O)CCn1cncn1)C12C[C@@H]3C[C@H](CC(O)(C3)C1)C2. The summed E-state index contributed by atoms with van der Waals surface area (Å²) in [5.74, 6) is 1.36. The van der Waals surface area contributed by atoms with Gasteiger partial charge in [-0.2, -0.15) is 5.10 Å². The van der Waals surface area contributed by atoms with Crippen LogP contribution in [0.3, 0.4) is 0 Å². The number of aliphatic hydroxyl groups is 1. The van der Waals surface area contributed by atoms with E-state index < -0.39 is 5.60 Å². The van der Waals surface area contributed by atoms with Gasteiger partial charge in [0, 0.05) is 12.5 Å². The minimum absolute atomic E-state index is 0.0655. The third-order valence-corrected chi connectivity index (χ3v) is 6.41. The molecule has 1 amide bonds. The van der Waals surface area contributed by atoms with Crippen LogP contribution in [0.15, 0.2) is 12.7 Å². The van der Waals surface area contributed by atoms with Crippen molar-refractivity contribution in [1.82, 2.24) is 20.1 Å². The van der Waals surface area contributed by atoms with Gasteiger partial charge >= 0.3 is 0 Å². The summed E-state index contributed by atoms with van der Waals surface area (Å²) >= 11 is 0. The van der Waals surface area contributed by atoms with Crippen molar-refractivity contribution in [2.45, 2.75) is 70.1 Å². The molecule has 1 aromatic rings. The molecule has 0 saturated heterocycles. The Labute approximate surface area is 136 Å². The third-order valence-electron chi connectivity index (χ3n) is 6.41. The van der Waals surface area contributed by atoms with Crippen molar-refractivity contribution >= 4 is 5.91 Å². The highest BCUT2D eigenvalue weighted by atomic mass is 16.3. The molecule has 3 atom stereocenters. The van der Waals surface area contributed by atoms with Crippen molar-refractivity contribution in [2.24, 2.45) is 17.3 Å². The molecule has 1 heterocycles. The molecule has 5 rings (SSSR count). The molecule has 126 valence electrons. The quantitative estimate of drug-likeness (QED) is 0.862. The predicted octanol–water partition coefficient (Wildman–Crippen LogP) is 1.50. The fraction of sp³-hybridized carbons (Fsp3) is 0.824. The van der Waals surface area contributed by atoms with Gasteiger partial charge in [0.25, 0.3) is 0 Å². The third kappa shape index (κ3) is 2.77. The first-order chi connectivity index (χ1) is 11.0. The molecule has 6 nitrogen and oxygen atoms in total. The lowest BCUT2D eigenvalue weighted by Crippen LogP contribution is -2.61. The van der Waals surface area contributed by atoms with E-state index in [-0.39, 0.29) is 17.4 Å². The molecular formula is C17H26N4O2. The van der Waals surface area contributed by atoms with Gasteiger partial charge in [-0.25, -0.2) is 4.98 Å². The average molecular weight is 318 g/mol. The van der Waals surface area contributed by atoms with Crippen LogP contribution in [-0.4, -0.2) is 37.4 Å². The molecule has 4 fully saturated rings. The number of nitrogens with one attached hydrogen (secondary N) is 1. The predicted molar refractivity (Wildman–Crippen MR) is 84.3 cm³/mol. The maximum Gasteiger partial charge on any atom is 0.222 e. The zero-order valence-corrected chi connectivity index (χ0v) is 13.7. The second-order valence-electron chi connectivity index (χ2n) is 8.25. The Morgan fingerprint density at radius 1 is 1.39 bits per heavy atom. The minimum Gasteiger partial charge on any atom is -0.390 e. The fourth-order valence-corrected chi connectivity index (χ4v) is 5.82. The van der Waals surface area contributed by atoms with Gasteiger partial charge < -0.3 is 10.4 Å². The number of aromatic nitrogens is 3. The van der Waals surface area contributed by atoms with E-state index in [1.807, 2.05) is 0 Å². The lowest BCUT2D eigenvalue weighted by Gasteiger charge is -2.62. The van der Waals surface area contributed by atoms with Crippen LogP contribution in [0.25, 0.3) is 0 Å². The number of amides is 1. The molecule has 4 saturated carbocycles. The second-order valence-corrected chi connectivity index (χ2v) is 8.25. The van der Waals surface area contributed by atoms with Crippen molar-refractivity contribution in [1.29, 1.82) is 0 Å². The van der Waals surface area contributed by atoms with Gasteiger partial charge in [0.1, 0.15) is 12.7 Å². The van der Waals surface area contributed by atoms with Crippen LogP contribution in [0.1, 0.15) is 51.9 Å². The van der Waals surface area contributed by atoms with Crippen LogP contribution in [0.4, 0.5) is 0 Å². The molecule has 0 radical (unpaired) electrons. The second kappa shape index (κ2) is 5.30. The average Bonchev–Trinajstić information content (AvgIpc) is 2.95. The van der Waals surface area contributed by atoms with Gasteiger partial charge in [-0.05, 0) is 62.7 Å². The number of aryl methyl sites for hydroxylation is 1. The molecule has 4 aliphatic rings. The number of hydrogen-bond donors (Lipinski definition) is 2. The van der Waals surface area contributed by atoms with Gasteiger partial charge in [-0.15, -0.1) is 0 Å². The first kappa shape index (κ1) is 15.1. The summed E-state index contributed by atoms with van der Waals surface area (Å²) in [6.07, 6.45) is 9.93. The largest absolute Gasteiger partial charge is 0.390 e. The lowest BCUT2D eigenvalue weighted by atomic mass is 9.46. The van der Waals surface area contributed by atoms with Crippen molar-refractivity contribution in [3.05, 3.63) is 12.7 Å². The summed E-state index contributed by atoms with van der Waals surface area (Å²) in [6.45, 7) is 2.69. The number of nitrogens with zero attached hydrogens (tertiary/aromatic N) is 3. The summed E-state index contributed by atoms with van der Waals surface area (Å²) < 4.78 is 1.68. The van der Waals surface area contributed by atoms with E-state index in [4.69, 9.17) is 0 Å². The number of carbonyl (C=O) groups excluding carboxylic acids is 1. The van der Waals surface area contributed by atoms with E-state index in [9.17, 15) is 9.90 Å². The zero-order chi connectivity index (χ0) is 16.1. The summed E-state index contributed by atoms with van der Waals surface area (Å²) in [5.41, 5.74) is -0.369. The van der Waals surface area contributed by atoms with Crippen LogP contribution in [0.5, 0.6) is 0 Å². The van der Waals surface area contributed by atoms with Gasteiger partial charge in [-0.1, -0.05) is 0 Å². The highest BCUT2D eigenvalue weighted by molar-refractivity contribution is 5.76. The molecule has 0 aliphatic heterocycles. The van der Waals surface area contributed by atoms with Crippen LogP contribution in [-0.2, 0) is 11.3 Å². The van der Waals surface area contributed by atoms with Crippen LogP contribution < -0.4 is 5.32 Å².